The Bertz CT molecular complexity index is 740. The van der Waals surface area contributed by atoms with E-state index in [9.17, 15) is 21.4 Å². The molecule has 0 aromatic heterocycles. The molecule has 26 heavy (non-hydrogen) atoms. The molecule has 1 atom stereocenters. The van der Waals surface area contributed by atoms with E-state index in [-0.39, 0.29) is 13.1 Å². The highest BCUT2D eigenvalue weighted by atomic mass is 32.3. The van der Waals surface area contributed by atoms with Crippen LogP contribution in [0.25, 0.3) is 0 Å². The van der Waals surface area contributed by atoms with E-state index < -0.39 is 36.3 Å². The summed E-state index contributed by atoms with van der Waals surface area (Å²) in [6.45, 7) is 0.231. The Labute approximate surface area is 155 Å². The van der Waals surface area contributed by atoms with Crippen LogP contribution in [0.1, 0.15) is 64.2 Å². The topological polar surface area (TPSA) is 91.7 Å². The summed E-state index contributed by atoms with van der Waals surface area (Å²) in [7, 11) is -10.2. The maximum absolute atomic E-state index is 15.9. The Kier molecular flexibility index (Phi) is 4.49. The van der Waals surface area contributed by atoms with Crippen LogP contribution in [0, 0.1) is 23.2 Å². The number of nitrogens with zero attached hydrogens (tertiary/aromatic N) is 1. The molecule has 0 radical (unpaired) electrons. The van der Waals surface area contributed by atoms with Crippen LogP contribution in [0.2, 0.25) is 0 Å². The molecule has 9 heteroatoms. The fourth-order valence-corrected chi connectivity index (χ4v) is 10.1. The SMILES string of the molecule is O=S(=O)(O)C(F)(CC12CC3CC(CC(C3)C1)C2)S(=O)(=O)N1CCCCC1. The molecule has 5 fully saturated rings. The fraction of sp³-hybridized carbons (Fsp3) is 1.00. The minimum Gasteiger partial charge on any atom is -0.282 e. The molecular formula is C17H28FNO5S2. The van der Waals surface area contributed by atoms with Gasteiger partial charge in [-0.1, -0.05) is 6.42 Å². The third-order valence-corrected chi connectivity index (χ3v) is 11.3. The van der Waals surface area contributed by atoms with Gasteiger partial charge in [0.05, 0.1) is 0 Å². The summed E-state index contributed by atoms with van der Waals surface area (Å²) < 4.78 is 73.0. The quantitative estimate of drug-likeness (QED) is 0.705. The number of rotatable bonds is 5. The Morgan fingerprint density at radius 1 is 0.923 bits per heavy atom. The molecule has 1 saturated heterocycles. The average molecular weight is 410 g/mol. The van der Waals surface area contributed by atoms with E-state index >= 15 is 4.39 Å². The maximum atomic E-state index is 15.9. The second-order valence-corrected chi connectivity index (χ2v) is 13.2. The van der Waals surface area contributed by atoms with Gasteiger partial charge >= 0.3 is 14.5 Å². The third kappa shape index (κ3) is 2.93. The number of hydrogen-bond donors (Lipinski definition) is 1. The fourth-order valence-electron chi connectivity index (χ4n) is 6.57. The summed E-state index contributed by atoms with van der Waals surface area (Å²) in [6.07, 6.45) is 6.67. The lowest BCUT2D eigenvalue weighted by Gasteiger charge is -2.57. The normalized spacial score (nSPS) is 40.5. The van der Waals surface area contributed by atoms with Crippen LogP contribution in [0.15, 0.2) is 0 Å². The smallest absolute Gasteiger partial charge is 0.282 e. The maximum Gasteiger partial charge on any atom is 0.347 e. The molecular weight excluding hydrogens is 381 g/mol. The molecule has 5 rings (SSSR count). The molecule has 4 bridgehead atoms. The van der Waals surface area contributed by atoms with Gasteiger partial charge in [0.15, 0.2) is 0 Å². The summed E-state index contributed by atoms with van der Waals surface area (Å²) in [5, 5.41) is 0. The second-order valence-electron chi connectivity index (χ2n) is 9.19. The zero-order chi connectivity index (χ0) is 18.8. The van der Waals surface area contributed by atoms with Crippen LogP contribution in [0.4, 0.5) is 4.39 Å². The summed E-state index contributed by atoms with van der Waals surface area (Å²) in [5.74, 6) is 1.30. The van der Waals surface area contributed by atoms with Crippen LogP contribution >= 0.6 is 0 Å². The standard InChI is InChI=1S/C17H28FNO5S2/c18-17(26(22,23)24,25(20,21)19-4-2-1-3-5-19)12-16-9-13-6-14(10-16)8-15(7-13)11-16/h13-15H,1-12H2,(H,22,23,24). The van der Waals surface area contributed by atoms with Crippen LogP contribution in [0.5, 0.6) is 0 Å². The van der Waals surface area contributed by atoms with Gasteiger partial charge in [-0.15, -0.1) is 0 Å². The van der Waals surface area contributed by atoms with Gasteiger partial charge in [0.1, 0.15) is 0 Å². The molecule has 6 nitrogen and oxygen atoms in total. The predicted octanol–water partition coefficient (Wildman–Crippen LogP) is 2.92. The summed E-state index contributed by atoms with van der Waals surface area (Å²) in [4.78, 5) is 0. The van der Waals surface area contributed by atoms with Crippen LogP contribution in [-0.4, -0.2) is 43.1 Å². The van der Waals surface area contributed by atoms with E-state index in [4.69, 9.17) is 0 Å². The van der Waals surface area contributed by atoms with Gasteiger partial charge in [0, 0.05) is 19.5 Å². The molecule has 0 spiro atoms. The number of hydrogen-bond acceptors (Lipinski definition) is 4. The number of sulfonamides is 1. The molecule has 1 N–H and O–H groups in total. The van der Waals surface area contributed by atoms with E-state index in [0.717, 1.165) is 30.0 Å². The zero-order valence-electron chi connectivity index (χ0n) is 14.9. The zero-order valence-corrected chi connectivity index (χ0v) is 16.6. The minimum atomic E-state index is -5.41. The Hall–Kier alpha value is -0.250. The largest absolute Gasteiger partial charge is 0.347 e. The van der Waals surface area contributed by atoms with Gasteiger partial charge in [-0.3, -0.25) is 4.55 Å². The third-order valence-electron chi connectivity index (χ3n) is 7.18. The van der Waals surface area contributed by atoms with Gasteiger partial charge in [-0.25, -0.2) is 12.8 Å². The first-order chi connectivity index (χ1) is 12.0. The second kappa shape index (κ2) is 6.12. The highest BCUT2D eigenvalue weighted by Gasteiger charge is 2.64. The molecule has 1 aliphatic heterocycles. The number of alkyl halides is 1. The molecule has 0 amide bonds. The van der Waals surface area contributed by atoms with E-state index in [1.807, 2.05) is 0 Å². The van der Waals surface area contributed by atoms with Crippen LogP contribution < -0.4 is 0 Å². The van der Waals surface area contributed by atoms with Gasteiger partial charge in [-0.05, 0) is 74.5 Å². The molecule has 5 aliphatic rings. The number of piperidine rings is 1. The highest BCUT2D eigenvalue weighted by Crippen LogP contribution is 2.63. The lowest BCUT2D eigenvalue weighted by molar-refractivity contribution is -0.0663. The monoisotopic (exact) mass is 409 g/mol. The lowest BCUT2D eigenvalue weighted by atomic mass is 9.49. The van der Waals surface area contributed by atoms with E-state index in [1.165, 1.54) is 0 Å². The van der Waals surface area contributed by atoms with Crippen molar-refractivity contribution in [3.05, 3.63) is 0 Å². The highest BCUT2D eigenvalue weighted by molar-refractivity contribution is 8.06. The lowest BCUT2D eigenvalue weighted by Crippen LogP contribution is -2.56. The van der Waals surface area contributed by atoms with Crippen molar-refractivity contribution in [3.63, 3.8) is 0 Å². The average Bonchev–Trinajstić information content (AvgIpc) is 2.52. The molecule has 1 unspecified atom stereocenters. The van der Waals surface area contributed by atoms with Gasteiger partial charge < -0.3 is 0 Å². The van der Waals surface area contributed by atoms with Crippen molar-refractivity contribution < 1.29 is 25.8 Å². The number of halogens is 1. The summed E-state index contributed by atoms with van der Waals surface area (Å²) in [6, 6.07) is 0. The van der Waals surface area contributed by atoms with Crippen molar-refractivity contribution in [3.8, 4) is 0 Å². The molecule has 4 aliphatic carbocycles. The first kappa shape index (κ1) is 19.1. The van der Waals surface area contributed by atoms with Gasteiger partial charge in [-0.2, -0.15) is 12.7 Å². The first-order valence-electron chi connectivity index (χ1n) is 9.70. The summed E-state index contributed by atoms with van der Waals surface area (Å²) >= 11 is 0. The molecule has 0 aromatic rings. The van der Waals surface area contributed by atoms with E-state index in [2.05, 4.69) is 0 Å². The van der Waals surface area contributed by atoms with Crippen molar-refractivity contribution in [2.75, 3.05) is 13.1 Å². The van der Waals surface area contributed by atoms with Crippen LogP contribution in [0.3, 0.4) is 0 Å². The molecule has 1 heterocycles. The van der Waals surface area contributed by atoms with E-state index in [1.54, 1.807) is 0 Å². The Morgan fingerprint density at radius 2 is 1.38 bits per heavy atom. The first-order valence-corrected chi connectivity index (χ1v) is 12.6. The van der Waals surface area contributed by atoms with Gasteiger partial charge in [0.2, 0.25) is 0 Å². The molecule has 4 saturated carbocycles. The predicted molar refractivity (Wildman–Crippen MR) is 95.0 cm³/mol. The van der Waals surface area contributed by atoms with E-state index in [0.29, 0.717) is 49.9 Å². The Morgan fingerprint density at radius 3 is 1.81 bits per heavy atom. The van der Waals surface area contributed by atoms with Gasteiger partial charge in [0.25, 0.3) is 10.0 Å². The van der Waals surface area contributed by atoms with Crippen molar-refractivity contribution in [2.24, 2.45) is 23.2 Å². The summed E-state index contributed by atoms with van der Waals surface area (Å²) in [5.41, 5.74) is -0.623. The minimum absolute atomic E-state index is 0.115. The van der Waals surface area contributed by atoms with Crippen molar-refractivity contribution in [1.82, 2.24) is 4.31 Å². The molecule has 0 aromatic carbocycles. The van der Waals surface area contributed by atoms with Crippen LogP contribution in [-0.2, 0) is 20.1 Å². The Balaban J connectivity index is 1.69. The van der Waals surface area contributed by atoms with Crippen molar-refractivity contribution in [1.29, 1.82) is 0 Å². The van der Waals surface area contributed by atoms with Crippen molar-refractivity contribution in [2.45, 2.75) is 68.5 Å². The molecule has 150 valence electrons. The van der Waals surface area contributed by atoms with Crippen molar-refractivity contribution >= 4 is 20.1 Å².